The van der Waals surface area contributed by atoms with Gasteiger partial charge in [0, 0.05) is 61.3 Å². The smallest absolute Gasteiger partial charge is 0.222 e. The van der Waals surface area contributed by atoms with Crippen LogP contribution < -0.4 is 16.4 Å². The second kappa shape index (κ2) is 11.9. The van der Waals surface area contributed by atoms with E-state index in [1.54, 1.807) is 6.20 Å². The lowest BCUT2D eigenvalue weighted by Crippen LogP contribution is -2.48. The van der Waals surface area contributed by atoms with Gasteiger partial charge in [-0.1, -0.05) is 31.2 Å². The van der Waals surface area contributed by atoms with E-state index in [0.717, 1.165) is 90.4 Å². The minimum Gasteiger partial charge on any atom is -0.383 e. The third-order valence-corrected chi connectivity index (χ3v) is 8.97. The first-order valence-corrected chi connectivity index (χ1v) is 15.1. The van der Waals surface area contributed by atoms with Gasteiger partial charge in [0.2, 0.25) is 5.91 Å². The molecule has 2 aromatic carbocycles. The SMILES string of the molecule is CCC(=O)N1CCN(c2cccc(-c3ccc4nc(-c5cccnc5N)n(-c5ccc(C6(N)CCC6)cc5)c4n3)c2)CC1.Cl. The van der Waals surface area contributed by atoms with Gasteiger partial charge in [-0.05, 0) is 73.4 Å². The van der Waals surface area contributed by atoms with E-state index in [4.69, 9.17) is 21.4 Å². The molecule has 1 saturated heterocycles. The van der Waals surface area contributed by atoms with Crippen LogP contribution in [-0.4, -0.2) is 56.5 Å². The number of anilines is 2. The standard InChI is InChI=1S/C34H36N8O.ClH/c1-2-30(43)41-20-18-40(19-21-41)26-7-3-6-23(22-26)28-13-14-29-33(38-28)42(32(39-29)27-8-4-17-37-31(27)35)25-11-9-24(10-12-25)34(36)15-5-16-34;/h3-4,6-14,17,22H,2,5,15-16,18-21,36H2,1H3,(H2,35,37);1H. The van der Waals surface area contributed by atoms with Crippen molar-refractivity contribution in [1.29, 1.82) is 0 Å². The summed E-state index contributed by atoms with van der Waals surface area (Å²) in [6.07, 6.45) is 5.41. The third-order valence-electron chi connectivity index (χ3n) is 8.97. The van der Waals surface area contributed by atoms with Gasteiger partial charge in [-0.3, -0.25) is 9.36 Å². The average Bonchev–Trinajstić information content (AvgIpc) is 3.42. The van der Waals surface area contributed by atoms with Crippen LogP contribution in [0.25, 0.3) is 39.5 Å². The molecule has 0 radical (unpaired) electrons. The summed E-state index contributed by atoms with van der Waals surface area (Å²) < 4.78 is 2.06. The van der Waals surface area contributed by atoms with Crippen LogP contribution in [0.5, 0.6) is 0 Å². The quantitative estimate of drug-likeness (QED) is 0.259. The van der Waals surface area contributed by atoms with Crippen molar-refractivity contribution in [1.82, 2.24) is 24.4 Å². The van der Waals surface area contributed by atoms with E-state index >= 15 is 0 Å². The molecule has 1 amide bonds. The van der Waals surface area contributed by atoms with Crippen molar-refractivity contribution in [3.05, 3.63) is 84.6 Å². The second-order valence-electron chi connectivity index (χ2n) is 11.6. The number of amides is 1. The Kier molecular flexibility index (Phi) is 8.00. The molecule has 4 heterocycles. The van der Waals surface area contributed by atoms with E-state index in [9.17, 15) is 4.79 Å². The summed E-state index contributed by atoms with van der Waals surface area (Å²) in [7, 11) is 0. The minimum atomic E-state index is -0.235. The zero-order valence-corrected chi connectivity index (χ0v) is 25.6. The fourth-order valence-electron chi connectivity index (χ4n) is 6.24. The first-order chi connectivity index (χ1) is 20.9. The fourth-order valence-corrected chi connectivity index (χ4v) is 6.24. The van der Waals surface area contributed by atoms with Gasteiger partial charge in [0.15, 0.2) is 11.5 Å². The number of imidazole rings is 1. The Labute approximate surface area is 263 Å². The van der Waals surface area contributed by atoms with Gasteiger partial charge in [0.1, 0.15) is 11.3 Å². The van der Waals surface area contributed by atoms with Gasteiger partial charge in [-0.25, -0.2) is 15.0 Å². The minimum absolute atomic E-state index is 0. The van der Waals surface area contributed by atoms with Gasteiger partial charge in [-0.15, -0.1) is 12.4 Å². The molecule has 9 nitrogen and oxygen atoms in total. The van der Waals surface area contributed by atoms with Crippen molar-refractivity contribution in [2.75, 3.05) is 36.8 Å². The molecular formula is C34H37ClN8O. The predicted molar refractivity (Wildman–Crippen MR) is 178 cm³/mol. The molecule has 3 aromatic heterocycles. The molecule has 2 aliphatic rings. The summed E-state index contributed by atoms with van der Waals surface area (Å²) in [6.45, 7) is 5.02. The van der Waals surface area contributed by atoms with Gasteiger partial charge >= 0.3 is 0 Å². The molecule has 226 valence electrons. The maximum absolute atomic E-state index is 12.2. The molecule has 10 heteroatoms. The number of nitrogen functional groups attached to an aromatic ring is 1. The summed E-state index contributed by atoms with van der Waals surface area (Å²) in [4.78, 5) is 30.9. The largest absolute Gasteiger partial charge is 0.383 e. The predicted octanol–water partition coefficient (Wildman–Crippen LogP) is 5.55. The number of carbonyl (C=O) groups excluding carboxylic acids is 1. The summed E-state index contributed by atoms with van der Waals surface area (Å²) in [6, 6.07) is 24.7. The molecule has 5 aromatic rings. The van der Waals surface area contributed by atoms with E-state index in [0.29, 0.717) is 18.1 Å². The van der Waals surface area contributed by atoms with Crippen molar-refractivity contribution in [3.63, 3.8) is 0 Å². The van der Waals surface area contributed by atoms with Crippen LogP contribution >= 0.6 is 12.4 Å². The molecule has 1 aliphatic heterocycles. The van der Waals surface area contributed by atoms with Crippen molar-refractivity contribution >= 4 is 41.0 Å². The molecule has 1 aliphatic carbocycles. The number of piperazine rings is 1. The Balaban J connectivity index is 0.00000343. The van der Waals surface area contributed by atoms with E-state index in [-0.39, 0.29) is 23.9 Å². The molecule has 7 rings (SSSR count). The number of nitrogens with zero attached hydrogens (tertiary/aromatic N) is 6. The van der Waals surface area contributed by atoms with Gasteiger partial charge in [0.25, 0.3) is 0 Å². The zero-order chi connectivity index (χ0) is 29.6. The Morgan fingerprint density at radius 2 is 1.68 bits per heavy atom. The number of hydrogen-bond acceptors (Lipinski definition) is 7. The zero-order valence-electron chi connectivity index (χ0n) is 24.8. The highest BCUT2D eigenvalue weighted by molar-refractivity contribution is 5.86. The first kappa shape index (κ1) is 29.6. The van der Waals surface area contributed by atoms with Crippen molar-refractivity contribution in [2.24, 2.45) is 5.73 Å². The summed E-state index contributed by atoms with van der Waals surface area (Å²) >= 11 is 0. The summed E-state index contributed by atoms with van der Waals surface area (Å²) in [5.74, 6) is 1.33. The summed E-state index contributed by atoms with van der Waals surface area (Å²) in [5, 5.41) is 0. The van der Waals surface area contributed by atoms with Crippen molar-refractivity contribution in [2.45, 2.75) is 38.1 Å². The number of halogens is 1. The van der Waals surface area contributed by atoms with Crippen LogP contribution in [0.15, 0.2) is 79.0 Å². The lowest BCUT2D eigenvalue weighted by molar-refractivity contribution is -0.131. The van der Waals surface area contributed by atoms with Crippen LogP contribution in [0.4, 0.5) is 11.5 Å². The number of carbonyl (C=O) groups is 1. The molecule has 2 fully saturated rings. The lowest BCUT2D eigenvalue weighted by atomic mass is 9.73. The maximum Gasteiger partial charge on any atom is 0.222 e. The van der Waals surface area contributed by atoms with Crippen molar-refractivity contribution < 1.29 is 4.79 Å². The van der Waals surface area contributed by atoms with E-state index in [1.807, 2.05) is 36.1 Å². The number of rotatable bonds is 6. The molecule has 44 heavy (non-hydrogen) atoms. The molecule has 0 spiro atoms. The van der Waals surface area contributed by atoms with E-state index in [2.05, 4.69) is 63.0 Å². The Bertz CT molecular complexity index is 1810. The topological polar surface area (TPSA) is 119 Å². The van der Waals surface area contributed by atoms with Crippen LogP contribution in [0.3, 0.4) is 0 Å². The first-order valence-electron chi connectivity index (χ1n) is 15.1. The summed E-state index contributed by atoms with van der Waals surface area (Å²) in [5.41, 5.74) is 20.1. The molecule has 0 atom stereocenters. The number of pyridine rings is 2. The number of aromatic nitrogens is 4. The van der Waals surface area contributed by atoms with Crippen molar-refractivity contribution in [3.8, 4) is 28.3 Å². The molecular weight excluding hydrogens is 572 g/mol. The van der Waals surface area contributed by atoms with E-state index < -0.39 is 0 Å². The van der Waals surface area contributed by atoms with Crippen LogP contribution in [-0.2, 0) is 10.3 Å². The fraction of sp³-hybridized carbons (Fsp3) is 0.294. The normalized spacial score (nSPS) is 16.0. The monoisotopic (exact) mass is 608 g/mol. The van der Waals surface area contributed by atoms with Crippen LogP contribution in [0.1, 0.15) is 38.2 Å². The highest BCUT2D eigenvalue weighted by Gasteiger charge is 2.34. The Hall–Kier alpha value is -4.47. The van der Waals surface area contributed by atoms with Gasteiger partial charge in [-0.2, -0.15) is 0 Å². The van der Waals surface area contributed by atoms with Crippen LogP contribution in [0, 0.1) is 0 Å². The molecule has 0 unspecified atom stereocenters. The maximum atomic E-state index is 12.2. The second-order valence-corrected chi connectivity index (χ2v) is 11.6. The highest BCUT2D eigenvalue weighted by Crippen LogP contribution is 2.39. The third kappa shape index (κ3) is 5.27. The van der Waals surface area contributed by atoms with E-state index in [1.165, 1.54) is 0 Å². The van der Waals surface area contributed by atoms with Crippen LogP contribution in [0.2, 0.25) is 0 Å². The lowest BCUT2D eigenvalue weighted by Gasteiger charge is -2.38. The van der Waals surface area contributed by atoms with Gasteiger partial charge < -0.3 is 21.3 Å². The number of benzene rings is 2. The number of hydrogen-bond donors (Lipinski definition) is 2. The number of nitrogens with two attached hydrogens (primary N) is 2. The molecule has 0 bridgehead atoms. The highest BCUT2D eigenvalue weighted by atomic mass is 35.5. The Morgan fingerprint density at radius 3 is 2.36 bits per heavy atom. The van der Waals surface area contributed by atoms with Gasteiger partial charge in [0.05, 0.1) is 11.3 Å². The number of fused-ring (bicyclic) bond motifs is 1. The average molecular weight is 609 g/mol. The molecule has 4 N–H and O–H groups in total. The Morgan fingerprint density at radius 1 is 0.909 bits per heavy atom. The molecule has 1 saturated carbocycles.